The van der Waals surface area contributed by atoms with Crippen LogP contribution in [0.5, 0.6) is 0 Å². The van der Waals surface area contributed by atoms with Crippen LogP contribution in [0.25, 0.3) is 0 Å². The van der Waals surface area contributed by atoms with Gasteiger partial charge in [-0.2, -0.15) is 0 Å². The fraction of sp³-hybridized carbons (Fsp3) is 0.200. The van der Waals surface area contributed by atoms with E-state index >= 15 is 0 Å². The van der Waals surface area contributed by atoms with E-state index in [0.29, 0.717) is 0 Å². The first-order valence-electron chi connectivity index (χ1n) is 4.45. The molecule has 2 aromatic rings. The van der Waals surface area contributed by atoms with Crippen molar-refractivity contribution in [2.24, 2.45) is 0 Å². The van der Waals surface area contributed by atoms with Gasteiger partial charge in [-0.25, -0.2) is 15.0 Å². The minimum atomic E-state index is 0.823. The molecule has 2 aromatic heterocycles. The fourth-order valence-electron chi connectivity index (χ4n) is 1.19. The van der Waals surface area contributed by atoms with Crippen LogP contribution in [-0.2, 0) is 12.8 Å². The molecular weight excluding hydrogens is 176 g/mol. The molecule has 4 nitrogen and oxygen atoms in total. The lowest BCUT2D eigenvalue weighted by molar-refractivity contribution is 0.832. The molecule has 0 radical (unpaired) electrons. The number of hydrogen-bond donors (Lipinski definition) is 0. The summed E-state index contributed by atoms with van der Waals surface area (Å²) in [6.07, 6.45) is 8.41. The van der Waals surface area contributed by atoms with Crippen molar-refractivity contribution in [1.82, 2.24) is 19.9 Å². The summed E-state index contributed by atoms with van der Waals surface area (Å²) in [7, 11) is 0. The number of rotatable bonds is 3. The molecule has 0 aliphatic rings. The first-order chi connectivity index (χ1) is 6.95. The standard InChI is InChI=1S/C10H10N4/c1-2-9(6-11-5-1)3-4-10-13-7-12-8-14-10/h1-2,5-8H,3-4H2. The lowest BCUT2D eigenvalue weighted by Gasteiger charge is -1.98. The molecule has 2 heterocycles. The first-order valence-corrected chi connectivity index (χ1v) is 4.45. The maximum Gasteiger partial charge on any atom is 0.132 e. The van der Waals surface area contributed by atoms with Crippen molar-refractivity contribution < 1.29 is 0 Å². The summed E-state index contributed by atoms with van der Waals surface area (Å²) in [4.78, 5) is 15.9. The molecule has 4 heteroatoms. The average molecular weight is 186 g/mol. The third-order valence-electron chi connectivity index (χ3n) is 1.91. The SMILES string of the molecule is c1cncc(CCc2ncncn2)c1. The van der Waals surface area contributed by atoms with Gasteiger partial charge in [0.2, 0.25) is 0 Å². The van der Waals surface area contributed by atoms with Gasteiger partial charge in [0.05, 0.1) is 0 Å². The van der Waals surface area contributed by atoms with Gasteiger partial charge in [-0.3, -0.25) is 4.98 Å². The largest absolute Gasteiger partial charge is 0.264 e. The fourth-order valence-corrected chi connectivity index (χ4v) is 1.19. The van der Waals surface area contributed by atoms with Crippen molar-refractivity contribution in [3.05, 3.63) is 48.6 Å². The molecule has 0 bridgehead atoms. The van der Waals surface area contributed by atoms with Gasteiger partial charge >= 0.3 is 0 Å². The number of nitrogens with zero attached hydrogens (tertiary/aromatic N) is 4. The highest BCUT2D eigenvalue weighted by Crippen LogP contribution is 2.00. The van der Waals surface area contributed by atoms with Gasteiger partial charge in [0.1, 0.15) is 18.5 Å². The second-order valence-electron chi connectivity index (χ2n) is 2.92. The van der Waals surface area contributed by atoms with Crippen LogP contribution in [0.4, 0.5) is 0 Å². The molecule has 0 N–H and O–H groups in total. The van der Waals surface area contributed by atoms with Crippen LogP contribution in [0.3, 0.4) is 0 Å². The maximum absolute atomic E-state index is 4.05. The van der Waals surface area contributed by atoms with Gasteiger partial charge in [0, 0.05) is 18.8 Å². The molecule has 0 aliphatic heterocycles. The van der Waals surface area contributed by atoms with E-state index in [1.165, 1.54) is 18.2 Å². The third-order valence-corrected chi connectivity index (χ3v) is 1.91. The number of aryl methyl sites for hydroxylation is 2. The monoisotopic (exact) mass is 186 g/mol. The Bertz CT molecular complexity index is 334. The highest BCUT2D eigenvalue weighted by molar-refractivity contribution is 5.09. The Labute approximate surface area is 82.1 Å². The number of pyridine rings is 1. The van der Waals surface area contributed by atoms with Gasteiger partial charge in [0.15, 0.2) is 0 Å². The van der Waals surface area contributed by atoms with E-state index in [-0.39, 0.29) is 0 Å². The van der Waals surface area contributed by atoms with Crippen LogP contribution < -0.4 is 0 Å². The van der Waals surface area contributed by atoms with Crippen molar-refractivity contribution >= 4 is 0 Å². The summed E-state index contributed by atoms with van der Waals surface area (Å²) in [5.74, 6) is 0.823. The smallest absolute Gasteiger partial charge is 0.132 e. The molecule has 0 aromatic carbocycles. The minimum absolute atomic E-state index is 0.823. The molecule has 0 aliphatic carbocycles. The highest BCUT2D eigenvalue weighted by atomic mass is 15.0. The van der Waals surface area contributed by atoms with Crippen LogP contribution in [0, 0.1) is 0 Å². The zero-order valence-corrected chi connectivity index (χ0v) is 7.67. The Morgan fingerprint density at radius 3 is 2.57 bits per heavy atom. The van der Waals surface area contributed by atoms with Gasteiger partial charge in [-0.1, -0.05) is 6.07 Å². The topological polar surface area (TPSA) is 51.6 Å². The van der Waals surface area contributed by atoms with E-state index in [1.807, 2.05) is 18.3 Å². The second kappa shape index (κ2) is 4.41. The van der Waals surface area contributed by atoms with Gasteiger partial charge in [-0.05, 0) is 18.1 Å². The summed E-state index contributed by atoms with van der Waals surface area (Å²) >= 11 is 0. The van der Waals surface area contributed by atoms with Crippen LogP contribution in [-0.4, -0.2) is 19.9 Å². The van der Waals surface area contributed by atoms with Crippen LogP contribution in [0.15, 0.2) is 37.2 Å². The average Bonchev–Trinajstić information content (AvgIpc) is 2.29. The van der Waals surface area contributed by atoms with Gasteiger partial charge in [0.25, 0.3) is 0 Å². The maximum atomic E-state index is 4.05. The summed E-state index contributed by atoms with van der Waals surface area (Å²) in [6, 6.07) is 3.98. The summed E-state index contributed by atoms with van der Waals surface area (Å²) < 4.78 is 0. The van der Waals surface area contributed by atoms with E-state index in [9.17, 15) is 0 Å². The van der Waals surface area contributed by atoms with Gasteiger partial charge < -0.3 is 0 Å². The Morgan fingerprint density at radius 1 is 1.00 bits per heavy atom. The Kier molecular flexibility index (Phi) is 2.76. The number of hydrogen-bond acceptors (Lipinski definition) is 4. The lowest BCUT2D eigenvalue weighted by Crippen LogP contribution is -1.98. The Balaban J connectivity index is 1.96. The van der Waals surface area contributed by atoms with Gasteiger partial charge in [-0.15, -0.1) is 0 Å². The predicted octanol–water partition coefficient (Wildman–Crippen LogP) is 1.05. The second-order valence-corrected chi connectivity index (χ2v) is 2.92. The lowest BCUT2D eigenvalue weighted by atomic mass is 10.1. The van der Waals surface area contributed by atoms with Crippen LogP contribution >= 0.6 is 0 Å². The predicted molar refractivity (Wildman–Crippen MR) is 51.5 cm³/mol. The highest BCUT2D eigenvalue weighted by Gasteiger charge is 1.96. The number of aromatic nitrogens is 4. The molecule has 0 spiro atoms. The van der Waals surface area contributed by atoms with Crippen LogP contribution in [0.2, 0.25) is 0 Å². The Morgan fingerprint density at radius 2 is 1.86 bits per heavy atom. The molecule has 14 heavy (non-hydrogen) atoms. The third kappa shape index (κ3) is 2.32. The molecule has 0 unspecified atom stereocenters. The molecule has 2 rings (SSSR count). The van der Waals surface area contributed by atoms with Crippen LogP contribution in [0.1, 0.15) is 11.4 Å². The molecule has 0 fully saturated rings. The molecule has 0 saturated heterocycles. The van der Waals surface area contributed by atoms with Crippen molar-refractivity contribution in [1.29, 1.82) is 0 Å². The van der Waals surface area contributed by atoms with Crippen molar-refractivity contribution in [2.75, 3.05) is 0 Å². The van der Waals surface area contributed by atoms with Crippen molar-refractivity contribution in [2.45, 2.75) is 12.8 Å². The molecule has 0 atom stereocenters. The summed E-state index contributed by atoms with van der Waals surface area (Å²) in [5, 5.41) is 0. The van der Waals surface area contributed by atoms with E-state index in [1.54, 1.807) is 6.20 Å². The van der Waals surface area contributed by atoms with Crippen molar-refractivity contribution in [3.8, 4) is 0 Å². The van der Waals surface area contributed by atoms with E-state index in [4.69, 9.17) is 0 Å². The quantitative estimate of drug-likeness (QED) is 0.719. The normalized spacial score (nSPS) is 10.0. The molecule has 70 valence electrons. The van der Waals surface area contributed by atoms with E-state index in [2.05, 4.69) is 19.9 Å². The zero-order valence-electron chi connectivity index (χ0n) is 7.67. The van der Waals surface area contributed by atoms with E-state index < -0.39 is 0 Å². The molecule has 0 amide bonds. The van der Waals surface area contributed by atoms with Crippen molar-refractivity contribution in [3.63, 3.8) is 0 Å². The summed E-state index contributed by atoms with van der Waals surface area (Å²) in [5.41, 5.74) is 1.20. The zero-order chi connectivity index (χ0) is 9.64. The minimum Gasteiger partial charge on any atom is -0.264 e. The van der Waals surface area contributed by atoms with E-state index in [0.717, 1.165) is 18.7 Å². The molecule has 0 saturated carbocycles. The summed E-state index contributed by atoms with van der Waals surface area (Å²) in [6.45, 7) is 0. The molecular formula is C10H10N4. The Hall–Kier alpha value is -1.84. The first kappa shape index (κ1) is 8.74.